The second-order valence-electron chi connectivity index (χ2n) is 1.99. The first-order chi connectivity index (χ1) is 5.29. The summed E-state index contributed by atoms with van der Waals surface area (Å²) in [6.07, 6.45) is -2.69. The Balaban J connectivity index is -0.000000143. The number of rotatable bonds is 2. The third kappa shape index (κ3) is 18.4. The van der Waals surface area contributed by atoms with Gasteiger partial charge in [0.25, 0.3) is 0 Å². The van der Waals surface area contributed by atoms with Gasteiger partial charge in [0.1, 0.15) is 0 Å². The van der Waals surface area contributed by atoms with E-state index in [1.165, 1.54) is 0 Å². The van der Waals surface area contributed by atoms with Gasteiger partial charge in [-0.25, -0.2) is 0 Å². The van der Waals surface area contributed by atoms with Crippen LogP contribution in [0.15, 0.2) is 0 Å². The SMILES string of the molecule is C[C@@H](O)C(=O)[O-].C[C@@H](O)C(=O)[O-].[Cu+2]. The number of hydrogen-bond donors (Lipinski definition) is 2. The van der Waals surface area contributed by atoms with Gasteiger partial charge >= 0.3 is 17.1 Å². The number of carboxylic acids is 2. The minimum Gasteiger partial charge on any atom is -0.547 e. The van der Waals surface area contributed by atoms with Crippen LogP contribution in [-0.4, -0.2) is 34.4 Å². The first-order valence-corrected chi connectivity index (χ1v) is 3.06. The van der Waals surface area contributed by atoms with Crippen LogP contribution in [-0.2, 0) is 26.7 Å². The van der Waals surface area contributed by atoms with Crippen molar-refractivity contribution < 1.29 is 47.1 Å². The molecule has 6 nitrogen and oxygen atoms in total. The van der Waals surface area contributed by atoms with E-state index in [4.69, 9.17) is 10.2 Å². The van der Waals surface area contributed by atoms with E-state index in [1.807, 2.05) is 0 Å². The number of aliphatic carboxylic acids is 2. The van der Waals surface area contributed by atoms with Crippen molar-refractivity contribution in [1.82, 2.24) is 0 Å². The summed E-state index contributed by atoms with van der Waals surface area (Å²) >= 11 is 0. The molecule has 0 bridgehead atoms. The number of hydrogen-bond acceptors (Lipinski definition) is 6. The van der Waals surface area contributed by atoms with E-state index in [9.17, 15) is 19.8 Å². The molecule has 0 saturated carbocycles. The zero-order chi connectivity index (χ0) is 10.3. The molecule has 13 heavy (non-hydrogen) atoms. The average Bonchev–Trinajstić information content (AvgIpc) is 1.88. The van der Waals surface area contributed by atoms with E-state index < -0.39 is 24.1 Å². The Morgan fingerprint density at radius 1 is 1.00 bits per heavy atom. The Labute approximate surface area is 85.7 Å². The Morgan fingerprint density at radius 2 is 1.08 bits per heavy atom. The van der Waals surface area contributed by atoms with Crippen molar-refractivity contribution in [3.05, 3.63) is 0 Å². The first kappa shape index (κ1) is 18.2. The number of aliphatic hydroxyl groups is 2. The van der Waals surface area contributed by atoms with Gasteiger partial charge in [-0.3, -0.25) is 0 Å². The number of carboxylic acid groups (broad SMARTS) is 2. The van der Waals surface area contributed by atoms with E-state index in [0.717, 1.165) is 13.8 Å². The summed E-state index contributed by atoms with van der Waals surface area (Å²) in [7, 11) is 0. The van der Waals surface area contributed by atoms with Gasteiger partial charge in [-0.1, -0.05) is 0 Å². The molecule has 2 atom stereocenters. The summed E-state index contributed by atoms with van der Waals surface area (Å²) in [6.45, 7) is 2.27. The molecule has 81 valence electrons. The summed E-state index contributed by atoms with van der Waals surface area (Å²) in [5.41, 5.74) is 0. The van der Waals surface area contributed by atoms with Crippen molar-refractivity contribution in [3.63, 3.8) is 0 Å². The van der Waals surface area contributed by atoms with Gasteiger partial charge in [-0.15, -0.1) is 0 Å². The molecule has 0 aromatic rings. The second-order valence-corrected chi connectivity index (χ2v) is 1.99. The predicted molar refractivity (Wildman–Crippen MR) is 33.4 cm³/mol. The Bertz CT molecular complexity index is 137. The maximum atomic E-state index is 9.34. The molecule has 0 amide bonds. The van der Waals surface area contributed by atoms with Gasteiger partial charge in [-0.05, 0) is 13.8 Å². The van der Waals surface area contributed by atoms with Gasteiger partial charge in [0.05, 0.1) is 24.1 Å². The molecule has 0 saturated heterocycles. The molecule has 0 aliphatic rings. The molecule has 0 aromatic heterocycles. The molecule has 2 N–H and O–H groups in total. The fraction of sp³-hybridized carbons (Fsp3) is 0.667. The molecule has 0 heterocycles. The minimum atomic E-state index is -1.44. The molecule has 0 unspecified atom stereocenters. The molecule has 7 heteroatoms. The molecule has 0 aromatic carbocycles. The predicted octanol–water partition coefficient (Wildman–Crippen LogP) is -3.77. The zero-order valence-electron chi connectivity index (χ0n) is 6.98. The van der Waals surface area contributed by atoms with Crippen LogP contribution in [0.3, 0.4) is 0 Å². The minimum absolute atomic E-state index is 0. The topological polar surface area (TPSA) is 121 Å². The van der Waals surface area contributed by atoms with Crippen molar-refractivity contribution in [2.75, 3.05) is 0 Å². The van der Waals surface area contributed by atoms with Crippen LogP contribution in [0.1, 0.15) is 13.8 Å². The maximum absolute atomic E-state index is 9.34. The van der Waals surface area contributed by atoms with E-state index in [1.54, 1.807) is 0 Å². The number of carbonyl (C=O) groups excluding carboxylic acids is 2. The molecule has 0 aliphatic heterocycles. The van der Waals surface area contributed by atoms with Crippen molar-refractivity contribution in [1.29, 1.82) is 0 Å². The molecular weight excluding hydrogens is 232 g/mol. The van der Waals surface area contributed by atoms with Crippen LogP contribution in [0.4, 0.5) is 0 Å². The fourth-order valence-corrected chi connectivity index (χ4v) is 0. The third-order valence-corrected chi connectivity index (χ3v) is 0.682. The van der Waals surface area contributed by atoms with E-state index >= 15 is 0 Å². The largest absolute Gasteiger partial charge is 2.00 e. The molecule has 0 aliphatic carbocycles. The fourth-order valence-electron chi connectivity index (χ4n) is 0. The first-order valence-electron chi connectivity index (χ1n) is 3.06. The van der Waals surface area contributed by atoms with Gasteiger partial charge in [-0.2, -0.15) is 0 Å². The van der Waals surface area contributed by atoms with Crippen molar-refractivity contribution >= 4 is 11.9 Å². The summed E-state index contributed by atoms with van der Waals surface area (Å²) in [5, 5.41) is 34.6. The van der Waals surface area contributed by atoms with Crippen molar-refractivity contribution in [3.8, 4) is 0 Å². The van der Waals surface area contributed by atoms with Crippen LogP contribution >= 0.6 is 0 Å². The van der Waals surface area contributed by atoms with E-state index in [0.29, 0.717) is 0 Å². The van der Waals surface area contributed by atoms with Gasteiger partial charge in [0.15, 0.2) is 0 Å². The molecule has 0 rings (SSSR count). The monoisotopic (exact) mass is 241 g/mol. The molecule has 0 spiro atoms. The van der Waals surface area contributed by atoms with Gasteiger partial charge < -0.3 is 30.0 Å². The van der Waals surface area contributed by atoms with Crippen LogP contribution in [0.5, 0.6) is 0 Å². The van der Waals surface area contributed by atoms with E-state index in [2.05, 4.69) is 0 Å². The quantitative estimate of drug-likeness (QED) is 0.479. The Hall–Kier alpha value is -0.621. The molecule has 1 radical (unpaired) electrons. The summed E-state index contributed by atoms with van der Waals surface area (Å²) in [5.74, 6) is -2.87. The number of carbonyl (C=O) groups is 2. The maximum Gasteiger partial charge on any atom is 2.00 e. The molecule has 0 fully saturated rings. The third-order valence-electron chi connectivity index (χ3n) is 0.682. The average molecular weight is 242 g/mol. The standard InChI is InChI=1S/2C3H6O3.Cu/c2*1-2(4)3(5)6;/h2*2,4H,1H3,(H,5,6);/q;;+2/p-2/t2*2-;/m11./s1. The normalized spacial score (nSPS) is 12.6. The summed E-state index contributed by atoms with van der Waals surface area (Å²) in [6, 6.07) is 0. The molecular formula is C6H10CuO6. The van der Waals surface area contributed by atoms with Crippen LogP contribution in [0, 0.1) is 0 Å². The smallest absolute Gasteiger partial charge is 0.547 e. The summed E-state index contributed by atoms with van der Waals surface area (Å²) in [4.78, 5) is 18.7. The van der Waals surface area contributed by atoms with E-state index in [-0.39, 0.29) is 17.1 Å². The Morgan fingerprint density at radius 3 is 1.08 bits per heavy atom. The Kier molecular flexibility index (Phi) is 13.3. The second kappa shape index (κ2) is 9.47. The van der Waals surface area contributed by atoms with Crippen LogP contribution in [0.2, 0.25) is 0 Å². The van der Waals surface area contributed by atoms with Gasteiger partial charge in [0.2, 0.25) is 0 Å². The van der Waals surface area contributed by atoms with Crippen LogP contribution in [0.25, 0.3) is 0 Å². The summed E-state index contributed by atoms with van der Waals surface area (Å²) < 4.78 is 0. The van der Waals surface area contributed by atoms with Gasteiger partial charge in [0, 0.05) is 0 Å². The van der Waals surface area contributed by atoms with Crippen molar-refractivity contribution in [2.24, 2.45) is 0 Å². The van der Waals surface area contributed by atoms with Crippen LogP contribution < -0.4 is 10.2 Å². The zero-order valence-corrected chi connectivity index (χ0v) is 7.93. The number of aliphatic hydroxyl groups excluding tert-OH is 2. The van der Waals surface area contributed by atoms with Crippen molar-refractivity contribution in [2.45, 2.75) is 26.1 Å².